The molecule has 1 aromatic rings. The highest BCUT2D eigenvalue weighted by molar-refractivity contribution is 5.40. The molecule has 0 radical (unpaired) electrons. The van der Waals surface area contributed by atoms with Gasteiger partial charge in [0.1, 0.15) is 5.82 Å². The molecule has 2 atom stereocenters. The van der Waals surface area contributed by atoms with Crippen LogP contribution in [-0.4, -0.2) is 31.3 Å². The van der Waals surface area contributed by atoms with E-state index in [4.69, 9.17) is 4.74 Å². The lowest BCUT2D eigenvalue weighted by molar-refractivity contribution is 0.00216. The molecule has 0 bridgehead atoms. The van der Waals surface area contributed by atoms with Gasteiger partial charge in [-0.15, -0.1) is 0 Å². The number of hydrogen-bond acceptors (Lipinski definition) is 3. The first-order valence-corrected chi connectivity index (χ1v) is 7.45. The van der Waals surface area contributed by atoms with Crippen LogP contribution in [0.2, 0.25) is 0 Å². The highest BCUT2D eigenvalue weighted by Crippen LogP contribution is 2.46. The van der Waals surface area contributed by atoms with E-state index in [9.17, 15) is 0 Å². The van der Waals surface area contributed by atoms with Crippen molar-refractivity contribution in [2.24, 2.45) is 5.41 Å². The summed E-state index contributed by atoms with van der Waals surface area (Å²) in [6.07, 6.45) is 6.87. The summed E-state index contributed by atoms with van der Waals surface area (Å²) in [7, 11) is 1.88. The van der Waals surface area contributed by atoms with Crippen LogP contribution in [0.1, 0.15) is 37.8 Å². The number of aryl methyl sites for hydroxylation is 1. The highest BCUT2D eigenvalue weighted by Gasteiger charge is 2.45. The quantitative estimate of drug-likeness (QED) is 0.816. The van der Waals surface area contributed by atoms with Crippen molar-refractivity contribution in [3.63, 3.8) is 0 Å². The molecule has 0 N–H and O–H groups in total. The Labute approximate surface area is 116 Å². The van der Waals surface area contributed by atoms with Crippen LogP contribution in [0.25, 0.3) is 0 Å². The second kappa shape index (κ2) is 5.12. The average Bonchev–Trinajstić information content (AvgIpc) is 2.81. The molecule has 2 fully saturated rings. The number of methoxy groups -OCH3 is 1. The fourth-order valence-electron chi connectivity index (χ4n) is 4.00. The van der Waals surface area contributed by atoms with Crippen LogP contribution in [0, 0.1) is 12.3 Å². The van der Waals surface area contributed by atoms with E-state index in [-0.39, 0.29) is 0 Å². The number of rotatable bonds is 2. The van der Waals surface area contributed by atoms with Crippen molar-refractivity contribution in [2.75, 3.05) is 25.1 Å². The van der Waals surface area contributed by atoms with E-state index in [1.165, 1.54) is 32.1 Å². The zero-order chi connectivity index (χ0) is 13.3. The Bertz CT molecular complexity index is 448. The molecule has 19 heavy (non-hydrogen) atoms. The van der Waals surface area contributed by atoms with Crippen molar-refractivity contribution in [2.45, 2.75) is 45.1 Å². The van der Waals surface area contributed by atoms with Gasteiger partial charge in [-0.1, -0.05) is 12.5 Å². The fraction of sp³-hybridized carbons (Fsp3) is 0.688. The van der Waals surface area contributed by atoms with Crippen molar-refractivity contribution in [1.29, 1.82) is 0 Å². The Kier molecular flexibility index (Phi) is 3.48. The van der Waals surface area contributed by atoms with Crippen molar-refractivity contribution in [3.8, 4) is 0 Å². The van der Waals surface area contributed by atoms with Crippen molar-refractivity contribution in [3.05, 3.63) is 23.9 Å². The lowest BCUT2D eigenvalue weighted by Crippen LogP contribution is -2.48. The molecule has 3 rings (SSSR count). The van der Waals surface area contributed by atoms with Gasteiger partial charge in [-0.3, -0.25) is 0 Å². The van der Waals surface area contributed by atoms with Crippen molar-refractivity contribution in [1.82, 2.24) is 4.98 Å². The molecular weight excluding hydrogens is 236 g/mol. The Balaban J connectivity index is 1.81. The molecule has 2 aliphatic rings. The summed E-state index contributed by atoms with van der Waals surface area (Å²) >= 11 is 0. The number of nitrogens with zero attached hydrogens (tertiary/aromatic N) is 2. The third-order valence-electron chi connectivity index (χ3n) is 4.91. The summed E-state index contributed by atoms with van der Waals surface area (Å²) in [5.74, 6) is 1.14. The maximum atomic E-state index is 5.77. The van der Waals surface area contributed by atoms with E-state index in [1.54, 1.807) is 0 Å². The van der Waals surface area contributed by atoms with Crippen LogP contribution in [0.3, 0.4) is 0 Å². The first-order valence-electron chi connectivity index (χ1n) is 7.45. The minimum atomic E-state index is 0.373. The number of anilines is 1. The molecule has 2 heterocycles. The zero-order valence-electron chi connectivity index (χ0n) is 12.1. The molecular formula is C16H24N2O. The van der Waals surface area contributed by atoms with Crippen LogP contribution in [0.15, 0.2) is 18.2 Å². The molecule has 0 unspecified atom stereocenters. The van der Waals surface area contributed by atoms with Crippen LogP contribution in [0.4, 0.5) is 5.82 Å². The van der Waals surface area contributed by atoms with Crippen LogP contribution < -0.4 is 4.90 Å². The Hall–Kier alpha value is -1.09. The lowest BCUT2D eigenvalue weighted by atomic mass is 9.76. The Morgan fingerprint density at radius 3 is 2.95 bits per heavy atom. The van der Waals surface area contributed by atoms with Gasteiger partial charge in [0.15, 0.2) is 0 Å². The van der Waals surface area contributed by atoms with Crippen molar-refractivity contribution >= 4 is 5.82 Å². The van der Waals surface area contributed by atoms with E-state index in [0.29, 0.717) is 11.5 Å². The number of aromatic nitrogens is 1. The SMILES string of the molecule is CO[C@@H]1CCC[C@]12CCCN(c1cccc(C)n1)C2. The number of hydrogen-bond donors (Lipinski definition) is 0. The zero-order valence-corrected chi connectivity index (χ0v) is 12.1. The summed E-state index contributed by atoms with van der Waals surface area (Å²) in [6, 6.07) is 6.32. The van der Waals surface area contributed by atoms with Gasteiger partial charge >= 0.3 is 0 Å². The van der Waals surface area contributed by atoms with Gasteiger partial charge in [0.25, 0.3) is 0 Å². The maximum absolute atomic E-state index is 5.77. The van der Waals surface area contributed by atoms with Gasteiger partial charge in [0.05, 0.1) is 6.10 Å². The summed E-state index contributed by atoms with van der Waals surface area (Å²) in [5, 5.41) is 0. The van der Waals surface area contributed by atoms with Gasteiger partial charge in [-0.2, -0.15) is 0 Å². The minimum Gasteiger partial charge on any atom is -0.381 e. The average molecular weight is 260 g/mol. The van der Waals surface area contributed by atoms with Crippen LogP contribution in [-0.2, 0) is 4.74 Å². The molecule has 1 aliphatic heterocycles. The first kappa shape index (κ1) is 12.9. The fourth-order valence-corrected chi connectivity index (χ4v) is 4.00. The maximum Gasteiger partial charge on any atom is 0.128 e. The molecule has 3 nitrogen and oxygen atoms in total. The number of ether oxygens (including phenoxy) is 1. The van der Waals surface area contributed by atoms with Gasteiger partial charge in [-0.05, 0) is 44.7 Å². The molecule has 0 amide bonds. The largest absolute Gasteiger partial charge is 0.381 e. The minimum absolute atomic E-state index is 0.373. The van der Waals surface area contributed by atoms with Gasteiger partial charge in [-0.25, -0.2) is 4.98 Å². The summed E-state index contributed by atoms with van der Waals surface area (Å²) in [5.41, 5.74) is 1.48. The monoisotopic (exact) mass is 260 g/mol. The molecule has 1 aliphatic carbocycles. The van der Waals surface area contributed by atoms with E-state index in [0.717, 1.165) is 24.6 Å². The Morgan fingerprint density at radius 1 is 1.32 bits per heavy atom. The number of pyridine rings is 1. The van der Waals surface area contributed by atoms with Gasteiger partial charge in [0.2, 0.25) is 0 Å². The van der Waals surface area contributed by atoms with E-state index >= 15 is 0 Å². The summed E-state index contributed by atoms with van der Waals surface area (Å²) in [4.78, 5) is 7.15. The molecule has 1 saturated heterocycles. The van der Waals surface area contributed by atoms with Crippen LogP contribution >= 0.6 is 0 Å². The van der Waals surface area contributed by atoms with Gasteiger partial charge < -0.3 is 9.64 Å². The predicted molar refractivity (Wildman–Crippen MR) is 77.5 cm³/mol. The third kappa shape index (κ3) is 2.36. The third-order valence-corrected chi connectivity index (χ3v) is 4.91. The molecule has 1 spiro atoms. The Morgan fingerprint density at radius 2 is 2.16 bits per heavy atom. The topological polar surface area (TPSA) is 25.4 Å². The van der Waals surface area contributed by atoms with E-state index in [2.05, 4.69) is 35.0 Å². The molecule has 104 valence electrons. The van der Waals surface area contributed by atoms with E-state index in [1.807, 2.05) is 7.11 Å². The standard InChI is InChI=1S/C16H24N2O/c1-13-6-3-8-15(17-13)18-11-5-10-16(12-18)9-4-7-14(16)19-2/h3,6,8,14H,4-5,7,9-12H2,1-2H3/t14-,16-/m1/s1. The molecule has 3 heteroatoms. The molecule has 0 aromatic carbocycles. The number of piperidine rings is 1. The smallest absolute Gasteiger partial charge is 0.128 e. The molecule has 1 aromatic heterocycles. The normalized spacial score (nSPS) is 31.1. The summed E-state index contributed by atoms with van der Waals surface area (Å²) in [6.45, 7) is 4.31. The lowest BCUT2D eigenvalue weighted by Gasteiger charge is -2.44. The summed E-state index contributed by atoms with van der Waals surface area (Å²) < 4.78 is 5.77. The van der Waals surface area contributed by atoms with Crippen molar-refractivity contribution < 1.29 is 4.74 Å². The molecule has 1 saturated carbocycles. The highest BCUT2D eigenvalue weighted by atomic mass is 16.5. The van der Waals surface area contributed by atoms with Crippen LogP contribution in [0.5, 0.6) is 0 Å². The van der Waals surface area contributed by atoms with E-state index < -0.39 is 0 Å². The first-order chi connectivity index (χ1) is 9.23. The second-order valence-electron chi connectivity index (χ2n) is 6.14. The second-order valence-corrected chi connectivity index (χ2v) is 6.14. The predicted octanol–water partition coefficient (Wildman–Crippen LogP) is 3.18. The van der Waals surface area contributed by atoms with Gasteiger partial charge in [0, 0.05) is 31.3 Å².